The Balaban J connectivity index is 2.94. The highest BCUT2D eigenvalue weighted by Gasteiger charge is 2.18. The van der Waals surface area contributed by atoms with Gasteiger partial charge in [-0.25, -0.2) is 0 Å². The highest BCUT2D eigenvalue weighted by Crippen LogP contribution is 2.20. The number of hydrogen-bond donors (Lipinski definition) is 0. The average Bonchev–Trinajstić information content (AvgIpc) is 2.33. The molecule has 1 amide bonds. The Kier molecular flexibility index (Phi) is 6.04. The number of aryl methyl sites for hydroxylation is 1. The van der Waals surface area contributed by atoms with Crippen LogP contribution in [0.2, 0.25) is 0 Å². The summed E-state index contributed by atoms with van der Waals surface area (Å²) in [5, 5.41) is 8.70. The molecule has 0 fully saturated rings. The van der Waals surface area contributed by atoms with Gasteiger partial charge in [-0.1, -0.05) is 19.9 Å². The van der Waals surface area contributed by atoms with Gasteiger partial charge in [0.15, 0.2) is 0 Å². The first kappa shape index (κ1) is 15.7. The fourth-order valence-electron chi connectivity index (χ4n) is 1.87. The fourth-order valence-corrected chi connectivity index (χ4v) is 2.53. The van der Waals surface area contributed by atoms with E-state index in [1.165, 1.54) is 0 Å². The molecule has 3 nitrogen and oxygen atoms in total. The number of nitrogens with zero attached hydrogens (tertiary/aromatic N) is 2. The number of hydrogen-bond acceptors (Lipinski definition) is 2. The van der Waals surface area contributed by atoms with Gasteiger partial charge >= 0.3 is 0 Å². The third-order valence-corrected chi connectivity index (χ3v) is 3.38. The molecule has 0 aliphatic heterocycles. The zero-order valence-corrected chi connectivity index (χ0v) is 13.2. The minimum absolute atomic E-state index is 0.0178. The molecule has 0 bridgehead atoms. The number of halogens is 1. The normalized spacial score (nSPS) is 10.3. The summed E-state index contributed by atoms with van der Waals surface area (Å²) in [5.74, 6) is 0.364. The van der Waals surface area contributed by atoms with Crippen molar-refractivity contribution in [2.75, 3.05) is 13.1 Å². The molecule has 1 aromatic rings. The standard InChI is InChI=1S/C15H19BrN2O/c1-11(2)10-18(8-4-7-17)15(19)13-6-5-12(3)9-14(13)16/h5-6,9,11H,4,8,10H2,1-3H3. The molecule has 0 saturated carbocycles. The Morgan fingerprint density at radius 2 is 2.16 bits per heavy atom. The molecule has 1 rings (SSSR count). The molecule has 0 aliphatic rings. The molecule has 0 aliphatic carbocycles. The lowest BCUT2D eigenvalue weighted by molar-refractivity contribution is 0.0739. The van der Waals surface area contributed by atoms with Gasteiger partial charge in [0.25, 0.3) is 5.91 Å². The van der Waals surface area contributed by atoms with Gasteiger partial charge in [-0.2, -0.15) is 5.26 Å². The molecule has 4 heteroatoms. The van der Waals surface area contributed by atoms with Crippen LogP contribution in [0.15, 0.2) is 22.7 Å². The second kappa shape index (κ2) is 7.30. The largest absolute Gasteiger partial charge is 0.337 e. The molecular formula is C15H19BrN2O. The molecular weight excluding hydrogens is 304 g/mol. The van der Waals surface area contributed by atoms with Crippen LogP contribution in [0.25, 0.3) is 0 Å². The van der Waals surface area contributed by atoms with Crippen LogP contribution in [0, 0.1) is 24.2 Å². The Morgan fingerprint density at radius 1 is 1.47 bits per heavy atom. The molecule has 102 valence electrons. The molecule has 0 aromatic heterocycles. The monoisotopic (exact) mass is 322 g/mol. The minimum Gasteiger partial charge on any atom is -0.337 e. The van der Waals surface area contributed by atoms with E-state index < -0.39 is 0 Å². The quantitative estimate of drug-likeness (QED) is 0.828. The van der Waals surface area contributed by atoms with Crippen LogP contribution in [0.4, 0.5) is 0 Å². The van der Waals surface area contributed by atoms with Crippen molar-refractivity contribution >= 4 is 21.8 Å². The van der Waals surface area contributed by atoms with Gasteiger partial charge < -0.3 is 4.90 Å². The Morgan fingerprint density at radius 3 is 2.68 bits per heavy atom. The third-order valence-electron chi connectivity index (χ3n) is 2.72. The van der Waals surface area contributed by atoms with Gasteiger partial charge in [-0.3, -0.25) is 4.79 Å². The van der Waals surface area contributed by atoms with Crippen LogP contribution < -0.4 is 0 Å². The maximum atomic E-state index is 12.5. The van der Waals surface area contributed by atoms with Gasteiger partial charge in [-0.05, 0) is 46.5 Å². The van der Waals surface area contributed by atoms with E-state index in [4.69, 9.17) is 5.26 Å². The molecule has 0 spiro atoms. The molecule has 0 N–H and O–H groups in total. The molecule has 0 saturated heterocycles. The number of rotatable bonds is 5. The number of carbonyl (C=O) groups is 1. The summed E-state index contributed by atoms with van der Waals surface area (Å²) in [6.07, 6.45) is 0.363. The lowest BCUT2D eigenvalue weighted by atomic mass is 10.1. The van der Waals surface area contributed by atoms with Crippen molar-refractivity contribution in [2.24, 2.45) is 5.92 Å². The second-order valence-electron chi connectivity index (χ2n) is 5.04. The van der Waals surface area contributed by atoms with E-state index in [0.717, 1.165) is 10.0 Å². The smallest absolute Gasteiger partial charge is 0.255 e. The van der Waals surface area contributed by atoms with Crippen molar-refractivity contribution in [2.45, 2.75) is 27.2 Å². The highest BCUT2D eigenvalue weighted by atomic mass is 79.9. The summed E-state index contributed by atoms with van der Waals surface area (Å²) >= 11 is 3.44. The Labute approximate surface area is 123 Å². The maximum absolute atomic E-state index is 12.5. The first-order valence-electron chi connectivity index (χ1n) is 6.38. The maximum Gasteiger partial charge on any atom is 0.255 e. The second-order valence-corrected chi connectivity index (χ2v) is 5.89. The van der Waals surface area contributed by atoms with Crippen molar-refractivity contribution in [3.63, 3.8) is 0 Å². The SMILES string of the molecule is Cc1ccc(C(=O)N(CCC#N)CC(C)C)c(Br)c1. The van der Waals surface area contributed by atoms with Crippen LogP contribution in [-0.2, 0) is 0 Å². The van der Waals surface area contributed by atoms with Gasteiger partial charge in [0.05, 0.1) is 18.1 Å². The third kappa shape index (κ3) is 4.68. The average molecular weight is 323 g/mol. The summed E-state index contributed by atoms with van der Waals surface area (Å²) in [6.45, 7) is 7.27. The lowest BCUT2D eigenvalue weighted by Gasteiger charge is -2.24. The van der Waals surface area contributed by atoms with Crippen LogP contribution >= 0.6 is 15.9 Å². The Hall–Kier alpha value is -1.34. The number of amides is 1. The number of benzene rings is 1. The van der Waals surface area contributed by atoms with Gasteiger partial charge in [0.1, 0.15) is 0 Å². The summed E-state index contributed by atoms with van der Waals surface area (Å²) < 4.78 is 0.809. The number of nitriles is 1. The first-order valence-corrected chi connectivity index (χ1v) is 7.17. The van der Waals surface area contributed by atoms with E-state index in [2.05, 4.69) is 35.8 Å². The topological polar surface area (TPSA) is 44.1 Å². The molecule has 1 aromatic carbocycles. The minimum atomic E-state index is -0.0178. The van der Waals surface area contributed by atoms with Crippen LogP contribution in [-0.4, -0.2) is 23.9 Å². The van der Waals surface area contributed by atoms with Crippen LogP contribution in [0.1, 0.15) is 36.2 Å². The van der Waals surface area contributed by atoms with Crippen molar-refractivity contribution < 1.29 is 4.79 Å². The molecule has 19 heavy (non-hydrogen) atoms. The van der Waals surface area contributed by atoms with Crippen LogP contribution in [0.3, 0.4) is 0 Å². The summed E-state index contributed by atoms with van der Waals surface area (Å²) in [5.41, 5.74) is 1.76. The molecule has 0 unspecified atom stereocenters. The Bertz CT molecular complexity index is 491. The van der Waals surface area contributed by atoms with E-state index in [1.54, 1.807) is 4.90 Å². The van der Waals surface area contributed by atoms with Crippen LogP contribution in [0.5, 0.6) is 0 Å². The first-order chi connectivity index (χ1) is 8.95. The van der Waals surface area contributed by atoms with Gasteiger partial charge in [0, 0.05) is 17.6 Å². The fraction of sp³-hybridized carbons (Fsp3) is 0.467. The van der Waals surface area contributed by atoms with Gasteiger partial charge in [0.2, 0.25) is 0 Å². The summed E-state index contributed by atoms with van der Waals surface area (Å²) in [7, 11) is 0. The summed E-state index contributed by atoms with van der Waals surface area (Å²) in [6, 6.07) is 7.79. The summed E-state index contributed by atoms with van der Waals surface area (Å²) in [4.78, 5) is 14.3. The van der Waals surface area contributed by atoms with Gasteiger partial charge in [-0.15, -0.1) is 0 Å². The lowest BCUT2D eigenvalue weighted by Crippen LogP contribution is -2.35. The molecule has 0 atom stereocenters. The van der Waals surface area contributed by atoms with E-state index in [1.807, 2.05) is 25.1 Å². The van der Waals surface area contributed by atoms with E-state index >= 15 is 0 Å². The van der Waals surface area contributed by atoms with E-state index in [9.17, 15) is 4.79 Å². The predicted octanol–water partition coefficient (Wildman–Crippen LogP) is 3.77. The van der Waals surface area contributed by atoms with E-state index in [-0.39, 0.29) is 5.91 Å². The van der Waals surface area contributed by atoms with E-state index in [0.29, 0.717) is 31.0 Å². The van der Waals surface area contributed by atoms with Crippen molar-refractivity contribution in [3.8, 4) is 6.07 Å². The highest BCUT2D eigenvalue weighted by molar-refractivity contribution is 9.10. The molecule has 0 radical (unpaired) electrons. The van der Waals surface area contributed by atoms with Crippen molar-refractivity contribution in [1.82, 2.24) is 4.90 Å². The van der Waals surface area contributed by atoms with Crippen molar-refractivity contribution in [3.05, 3.63) is 33.8 Å². The zero-order valence-electron chi connectivity index (χ0n) is 11.6. The molecule has 0 heterocycles. The zero-order chi connectivity index (χ0) is 14.4. The number of carbonyl (C=O) groups excluding carboxylic acids is 1. The predicted molar refractivity (Wildman–Crippen MR) is 79.9 cm³/mol. The van der Waals surface area contributed by atoms with Crippen molar-refractivity contribution in [1.29, 1.82) is 5.26 Å².